The van der Waals surface area contributed by atoms with Crippen LogP contribution in [0, 0.1) is 0 Å². The van der Waals surface area contributed by atoms with Gasteiger partial charge >= 0.3 is 71.2 Å². The van der Waals surface area contributed by atoms with E-state index in [1.165, 1.54) is 0 Å². The van der Waals surface area contributed by atoms with E-state index in [1.54, 1.807) is 0 Å². The molecule has 1 rings (SSSR count). The molecule has 2 heteroatoms. The molecule has 0 aromatic heterocycles. The number of benzene rings is 1. The van der Waals surface area contributed by atoms with Crippen LogP contribution in [0.1, 0.15) is 10.4 Å². The Bertz CT molecular complexity index is 241. The molecule has 0 aliphatic rings. The van der Waals surface area contributed by atoms with E-state index >= 15 is 0 Å². The maximum absolute atomic E-state index is 11.4. The van der Waals surface area contributed by atoms with Crippen molar-refractivity contribution < 1.29 is 4.79 Å². The second-order valence-corrected chi connectivity index (χ2v) is 7.84. The van der Waals surface area contributed by atoms with Gasteiger partial charge in [0.25, 0.3) is 0 Å². The summed E-state index contributed by atoms with van der Waals surface area (Å²) in [5.74, 6) is 4.16. The molecule has 0 amide bonds. The van der Waals surface area contributed by atoms with Crippen LogP contribution in [0.25, 0.3) is 0 Å². The number of carbonyl (C=O) groups excluding carboxylic acids is 1. The third kappa shape index (κ3) is 2.19. The molecule has 0 saturated heterocycles. The standard InChI is InChI=1S/C9H11GeO/c1-10(2)9(11)8-6-4-3-5-7-8/h3-7H,1-2H3. The predicted octanol–water partition coefficient (Wildman–Crippen LogP) is 2.16. The van der Waals surface area contributed by atoms with Gasteiger partial charge in [0.15, 0.2) is 0 Å². The molecule has 0 fully saturated rings. The number of carbonyl (C=O) groups is 1. The normalized spacial score (nSPS) is 10.1. The van der Waals surface area contributed by atoms with E-state index < -0.39 is 14.3 Å². The summed E-state index contributed by atoms with van der Waals surface area (Å²) in [4.78, 5) is 11.4. The van der Waals surface area contributed by atoms with Crippen LogP contribution in [-0.2, 0) is 0 Å². The zero-order valence-corrected chi connectivity index (χ0v) is 8.89. The first-order valence-corrected chi connectivity index (χ1v) is 8.86. The van der Waals surface area contributed by atoms with Crippen molar-refractivity contribution in [3.05, 3.63) is 35.9 Å². The monoisotopic (exact) mass is 209 g/mol. The van der Waals surface area contributed by atoms with Gasteiger partial charge in [-0.05, 0) is 0 Å². The van der Waals surface area contributed by atoms with Crippen molar-refractivity contribution in [1.29, 1.82) is 0 Å². The van der Waals surface area contributed by atoms with Crippen molar-refractivity contribution in [2.75, 3.05) is 0 Å². The Hall–Kier alpha value is -0.567. The molecule has 1 nitrogen and oxygen atoms in total. The van der Waals surface area contributed by atoms with Crippen molar-refractivity contribution in [2.24, 2.45) is 0 Å². The van der Waals surface area contributed by atoms with Crippen molar-refractivity contribution in [3.63, 3.8) is 0 Å². The third-order valence-electron chi connectivity index (χ3n) is 1.49. The van der Waals surface area contributed by atoms with Crippen molar-refractivity contribution in [3.8, 4) is 0 Å². The van der Waals surface area contributed by atoms with E-state index in [0.29, 0.717) is 4.62 Å². The van der Waals surface area contributed by atoms with Crippen LogP contribution < -0.4 is 0 Å². The molecule has 0 heterocycles. The minimum atomic E-state index is -1.38. The summed E-state index contributed by atoms with van der Waals surface area (Å²) in [6, 6.07) is 9.54. The summed E-state index contributed by atoms with van der Waals surface area (Å²) in [7, 11) is 0. The average Bonchev–Trinajstić information content (AvgIpc) is 2.05. The van der Waals surface area contributed by atoms with Crippen LogP contribution in [0.15, 0.2) is 30.3 Å². The first-order valence-electron chi connectivity index (χ1n) is 3.61. The van der Waals surface area contributed by atoms with Gasteiger partial charge in [0.2, 0.25) is 0 Å². The van der Waals surface area contributed by atoms with E-state index in [-0.39, 0.29) is 0 Å². The number of hydrogen-bond donors (Lipinski definition) is 0. The molecule has 0 N–H and O–H groups in total. The topological polar surface area (TPSA) is 17.1 Å². The molecule has 1 aromatic carbocycles. The van der Waals surface area contributed by atoms with Crippen molar-refractivity contribution in [2.45, 2.75) is 11.5 Å². The quantitative estimate of drug-likeness (QED) is 0.680. The number of hydrogen-bond acceptors (Lipinski definition) is 1. The van der Waals surface area contributed by atoms with Gasteiger partial charge in [-0.15, -0.1) is 0 Å². The van der Waals surface area contributed by atoms with Gasteiger partial charge in [0.05, 0.1) is 0 Å². The maximum atomic E-state index is 11.4. The fourth-order valence-corrected chi connectivity index (χ4v) is 2.44. The Morgan fingerprint density at radius 3 is 2.18 bits per heavy atom. The van der Waals surface area contributed by atoms with E-state index in [2.05, 4.69) is 11.5 Å². The van der Waals surface area contributed by atoms with Gasteiger partial charge in [-0.3, -0.25) is 0 Å². The van der Waals surface area contributed by atoms with E-state index in [4.69, 9.17) is 0 Å². The van der Waals surface area contributed by atoms with Crippen LogP contribution in [0.4, 0.5) is 0 Å². The average molecular weight is 208 g/mol. The first-order chi connectivity index (χ1) is 5.22. The molecular weight excluding hydrogens is 197 g/mol. The van der Waals surface area contributed by atoms with Gasteiger partial charge in [-0.2, -0.15) is 0 Å². The summed E-state index contributed by atoms with van der Waals surface area (Å²) in [5, 5.41) is 0. The Labute approximate surface area is 71.5 Å². The summed E-state index contributed by atoms with van der Waals surface area (Å²) < 4.78 is 0.380. The molecule has 1 aromatic rings. The molecule has 57 valence electrons. The van der Waals surface area contributed by atoms with Gasteiger partial charge < -0.3 is 0 Å². The molecule has 0 aliphatic heterocycles. The molecule has 0 spiro atoms. The number of rotatable bonds is 2. The van der Waals surface area contributed by atoms with Crippen LogP contribution in [0.5, 0.6) is 0 Å². The Morgan fingerprint density at radius 2 is 1.73 bits per heavy atom. The molecule has 0 aliphatic carbocycles. The van der Waals surface area contributed by atoms with E-state index in [1.807, 2.05) is 30.3 Å². The predicted molar refractivity (Wildman–Crippen MR) is 48.3 cm³/mol. The third-order valence-corrected chi connectivity index (χ3v) is 4.00. The molecule has 11 heavy (non-hydrogen) atoms. The van der Waals surface area contributed by atoms with Gasteiger partial charge in [-0.25, -0.2) is 0 Å². The summed E-state index contributed by atoms with van der Waals surface area (Å²) >= 11 is -1.38. The molecule has 1 radical (unpaired) electrons. The fraction of sp³-hybridized carbons (Fsp3) is 0.222. The van der Waals surface area contributed by atoms with E-state index in [9.17, 15) is 4.79 Å². The van der Waals surface area contributed by atoms with Crippen LogP contribution >= 0.6 is 0 Å². The van der Waals surface area contributed by atoms with Crippen molar-refractivity contribution >= 4 is 19.0 Å². The molecular formula is C9H11GeO. The van der Waals surface area contributed by atoms with Gasteiger partial charge in [0, 0.05) is 0 Å². The molecule has 0 unspecified atom stereocenters. The summed E-state index contributed by atoms with van der Waals surface area (Å²) in [6.45, 7) is 0. The Morgan fingerprint density at radius 1 is 1.18 bits per heavy atom. The van der Waals surface area contributed by atoms with Gasteiger partial charge in [0.1, 0.15) is 0 Å². The van der Waals surface area contributed by atoms with Crippen molar-refractivity contribution in [1.82, 2.24) is 0 Å². The summed E-state index contributed by atoms with van der Waals surface area (Å²) in [5.41, 5.74) is 0.882. The Balaban J connectivity index is 2.86. The molecule has 0 bridgehead atoms. The minimum absolute atomic E-state index is 0.380. The van der Waals surface area contributed by atoms with Gasteiger partial charge in [-0.1, -0.05) is 0 Å². The van der Waals surface area contributed by atoms with Crippen LogP contribution in [-0.4, -0.2) is 19.0 Å². The van der Waals surface area contributed by atoms with Crippen LogP contribution in [0.2, 0.25) is 11.5 Å². The fourth-order valence-electron chi connectivity index (χ4n) is 0.878. The second kappa shape index (κ2) is 3.72. The summed E-state index contributed by atoms with van der Waals surface area (Å²) in [6.07, 6.45) is 0. The SMILES string of the molecule is [CH3][Ge]([CH3])[C](=O)c1ccccc1. The van der Waals surface area contributed by atoms with E-state index in [0.717, 1.165) is 5.56 Å². The molecule has 0 saturated carbocycles. The van der Waals surface area contributed by atoms with Crippen LogP contribution in [0.3, 0.4) is 0 Å². The molecule has 0 atom stereocenters. The zero-order chi connectivity index (χ0) is 8.27. The Kier molecular flexibility index (Phi) is 2.88. The zero-order valence-electron chi connectivity index (χ0n) is 6.79. The first kappa shape index (κ1) is 8.53. The second-order valence-electron chi connectivity index (χ2n) is 2.70.